The van der Waals surface area contributed by atoms with Crippen molar-refractivity contribution in [3.05, 3.63) is 23.2 Å². The van der Waals surface area contributed by atoms with Crippen molar-refractivity contribution in [1.82, 2.24) is 10.2 Å². The highest BCUT2D eigenvalue weighted by Gasteiger charge is 2.43. The molecule has 1 unspecified atom stereocenters. The van der Waals surface area contributed by atoms with Gasteiger partial charge >= 0.3 is 0 Å². The number of carbonyl (C=O) groups excluding carboxylic acids is 2. The summed E-state index contributed by atoms with van der Waals surface area (Å²) in [6.07, 6.45) is 0.249. The Morgan fingerprint density at radius 2 is 1.92 bits per heavy atom. The highest BCUT2D eigenvalue weighted by Crippen LogP contribution is 2.36. The van der Waals surface area contributed by atoms with Crippen LogP contribution in [0.2, 0.25) is 5.02 Å². The van der Waals surface area contributed by atoms with Crippen LogP contribution in [0.15, 0.2) is 18.2 Å². The summed E-state index contributed by atoms with van der Waals surface area (Å²) in [6, 6.07) is 5.19. The summed E-state index contributed by atoms with van der Waals surface area (Å²) in [4.78, 5) is 29.0. The van der Waals surface area contributed by atoms with Gasteiger partial charge in [0.2, 0.25) is 11.8 Å². The summed E-state index contributed by atoms with van der Waals surface area (Å²) in [5.41, 5.74) is 0.637. The largest absolute Gasteiger partial charge is 0.495 e. The zero-order valence-corrected chi connectivity index (χ0v) is 16.2. The number of anilines is 1. The summed E-state index contributed by atoms with van der Waals surface area (Å²) in [7, 11) is 1.56. The van der Waals surface area contributed by atoms with Crippen LogP contribution in [-0.2, 0) is 9.59 Å². The number of nitrogens with zero attached hydrogens (tertiary/aromatic N) is 2. The second kappa shape index (κ2) is 7.62. The van der Waals surface area contributed by atoms with Gasteiger partial charge in [0.1, 0.15) is 5.75 Å². The molecule has 4 rings (SSSR count). The first-order valence-corrected chi connectivity index (χ1v) is 9.08. The minimum absolute atomic E-state index is 0. The number of methoxy groups -OCH3 is 1. The summed E-state index contributed by atoms with van der Waals surface area (Å²) in [5.74, 6) is 1.47. The van der Waals surface area contributed by atoms with Gasteiger partial charge in [0.15, 0.2) is 0 Å². The van der Waals surface area contributed by atoms with Gasteiger partial charge in [-0.15, -0.1) is 12.4 Å². The molecule has 0 aliphatic carbocycles. The minimum atomic E-state index is -0.289. The minimum Gasteiger partial charge on any atom is -0.495 e. The van der Waals surface area contributed by atoms with E-state index in [0.717, 1.165) is 26.2 Å². The lowest BCUT2D eigenvalue weighted by Crippen LogP contribution is -2.37. The first kappa shape index (κ1) is 19.3. The number of halogens is 2. The number of likely N-dealkylation sites (tertiary alicyclic amines) is 1. The van der Waals surface area contributed by atoms with E-state index in [9.17, 15) is 9.59 Å². The van der Waals surface area contributed by atoms with Gasteiger partial charge in [-0.05, 0) is 30.0 Å². The predicted molar refractivity (Wildman–Crippen MR) is 102 cm³/mol. The molecule has 8 heteroatoms. The molecule has 3 fully saturated rings. The third-order valence-electron chi connectivity index (χ3n) is 5.61. The lowest BCUT2D eigenvalue weighted by molar-refractivity contribution is -0.135. The number of carbonyl (C=O) groups is 2. The average Bonchev–Trinajstić information content (AvgIpc) is 3.28. The van der Waals surface area contributed by atoms with E-state index >= 15 is 0 Å². The van der Waals surface area contributed by atoms with Crippen molar-refractivity contribution < 1.29 is 14.3 Å². The molecule has 3 aliphatic rings. The molecule has 0 bridgehead atoms. The maximum atomic E-state index is 12.9. The molecule has 0 radical (unpaired) electrons. The first-order valence-electron chi connectivity index (χ1n) is 8.70. The number of rotatable bonds is 3. The molecule has 26 heavy (non-hydrogen) atoms. The van der Waals surface area contributed by atoms with Crippen LogP contribution in [0.1, 0.15) is 6.42 Å². The van der Waals surface area contributed by atoms with Gasteiger partial charge in [0.05, 0.1) is 18.7 Å². The fourth-order valence-corrected chi connectivity index (χ4v) is 4.44. The topological polar surface area (TPSA) is 61.9 Å². The molecule has 3 saturated heterocycles. The van der Waals surface area contributed by atoms with E-state index in [1.807, 2.05) is 4.90 Å². The van der Waals surface area contributed by atoms with Crippen molar-refractivity contribution in [3.63, 3.8) is 0 Å². The molecule has 142 valence electrons. The molecule has 3 atom stereocenters. The zero-order valence-electron chi connectivity index (χ0n) is 14.6. The third-order valence-corrected chi connectivity index (χ3v) is 5.84. The smallest absolute Gasteiger partial charge is 0.228 e. The van der Waals surface area contributed by atoms with E-state index in [4.69, 9.17) is 16.3 Å². The summed E-state index contributed by atoms with van der Waals surface area (Å²) < 4.78 is 5.35. The summed E-state index contributed by atoms with van der Waals surface area (Å²) >= 11 is 6.08. The Morgan fingerprint density at radius 3 is 2.58 bits per heavy atom. The van der Waals surface area contributed by atoms with Crippen molar-refractivity contribution in [1.29, 1.82) is 0 Å². The van der Waals surface area contributed by atoms with E-state index < -0.39 is 0 Å². The second-order valence-electron chi connectivity index (χ2n) is 7.14. The molecule has 1 aromatic rings. The monoisotopic (exact) mass is 399 g/mol. The highest BCUT2D eigenvalue weighted by molar-refractivity contribution is 6.31. The third kappa shape index (κ3) is 3.38. The van der Waals surface area contributed by atoms with Crippen LogP contribution in [0.5, 0.6) is 5.75 Å². The molecule has 0 spiro atoms. The highest BCUT2D eigenvalue weighted by atomic mass is 35.5. The average molecular weight is 400 g/mol. The standard InChI is InChI=1S/C18H22ClN3O3.ClH/c1-25-16-3-2-14(19)5-15(16)22-10-11(4-17(22)23)18(24)21-8-12-6-20-7-13(12)9-21;/h2-3,5,11-13,20H,4,6-10H2,1H3;1H/t11?,12-,13+;. The molecule has 3 aliphatic heterocycles. The number of ether oxygens (including phenoxy) is 1. The maximum Gasteiger partial charge on any atom is 0.228 e. The second-order valence-corrected chi connectivity index (χ2v) is 7.58. The Morgan fingerprint density at radius 1 is 1.23 bits per heavy atom. The van der Waals surface area contributed by atoms with Crippen molar-refractivity contribution >= 4 is 41.5 Å². The SMILES string of the molecule is COc1ccc(Cl)cc1N1CC(C(=O)N2C[C@H]3CNC[C@H]3C2)CC1=O.Cl. The summed E-state index contributed by atoms with van der Waals surface area (Å²) in [6.45, 7) is 3.98. The lowest BCUT2D eigenvalue weighted by atomic mass is 10.0. The van der Waals surface area contributed by atoms with Crippen molar-refractivity contribution in [2.24, 2.45) is 17.8 Å². The van der Waals surface area contributed by atoms with E-state index in [-0.39, 0.29) is 36.6 Å². The van der Waals surface area contributed by atoms with Crippen LogP contribution in [0.4, 0.5) is 5.69 Å². The molecule has 6 nitrogen and oxygen atoms in total. The number of hydrogen-bond donors (Lipinski definition) is 1. The van der Waals surface area contributed by atoms with Gasteiger partial charge < -0.3 is 19.9 Å². The maximum absolute atomic E-state index is 12.9. The van der Waals surface area contributed by atoms with Gasteiger partial charge in [0, 0.05) is 44.2 Å². The molecule has 1 aromatic carbocycles. The van der Waals surface area contributed by atoms with Crippen LogP contribution in [0, 0.1) is 17.8 Å². The number of amides is 2. The Hall–Kier alpha value is -1.50. The zero-order chi connectivity index (χ0) is 17.6. The number of benzene rings is 1. The van der Waals surface area contributed by atoms with E-state index in [1.54, 1.807) is 30.2 Å². The Bertz CT molecular complexity index is 703. The first-order chi connectivity index (χ1) is 12.1. The normalized spacial score (nSPS) is 27.5. The van der Waals surface area contributed by atoms with Crippen LogP contribution >= 0.6 is 24.0 Å². The lowest BCUT2D eigenvalue weighted by Gasteiger charge is -2.22. The van der Waals surface area contributed by atoms with Crippen molar-refractivity contribution in [2.45, 2.75) is 6.42 Å². The Kier molecular flexibility index (Phi) is 5.65. The van der Waals surface area contributed by atoms with Crippen LogP contribution in [-0.4, -0.2) is 56.5 Å². The summed E-state index contributed by atoms with van der Waals surface area (Å²) in [5, 5.41) is 3.92. The molecule has 1 N–H and O–H groups in total. The molecular weight excluding hydrogens is 377 g/mol. The fraction of sp³-hybridized carbons (Fsp3) is 0.556. The Labute approximate surface area is 164 Å². The van der Waals surface area contributed by atoms with Crippen LogP contribution in [0.3, 0.4) is 0 Å². The molecule has 0 aromatic heterocycles. The van der Waals surface area contributed by atoms with Crippen molar-refractivity contribution in [2.75, 3.05) is 44.7 Å². The number of nitrogens with one attached hydrogen (secondary N) is 1. The van der Waals surface area contributed by atoms with Crippen LogP contribution in [0.25, 0.3) is 0 Å². The van der Waals surface area contributed by atoms with E-state index in [1.165, 1.54) is 0 Å². The van der Waals surface area contributed by atoms with Gasteiger partial charge in [-0.3, -0.25) is 9.59 Å². The fourth-order valence-electron chi connectivity index (χ4n) is 4.27. The van der Waals surface area contributed by atoms with Gasteiger partial charge in [-0.25, -0.2) is 0 Å². The number of fused-ring (bicyclic) bond motifs is 1. The molecule has 2 amide bonds. The van der Waals surface area contributed by atoms with E-state index in [0.29, 0.717) is 34.8 Å². The van der Waals surface area contributed by atoms with Gasteiger partial charge in [-0.1, -0.05) is 11.6 Å². The predicted octanol–water partition coefficient (Wildman–Crippen LogP) is 1.80. The van der Waals surface area contributed by atoms with Gasteiger partial charge in [0.25, 0.3) is 0 Å². The van der Waals surface area contributed by atoms with Gasteiger partial charge in [-0.2, -0.15) is 0 Å². The molecule has 3 heterocycles. The van der Waals surface area contributed by atoms with E-state index in [2.05, 4.69) is 5.32 Å². The Balaban J connectivity index is 0.00000196. The molecule has 0 saturated carbocycles. The van der Waals surface area contributed by atoms with Crippen LogP contribution < -0.4 is 15.0 Å². The number of hydrogen-bond acceptors (Lipinski definition) is 4. The van der Waals surface area contributed by atoms with Crippen molar-refractivity contribution in [3.8, 4) is 5.75 Å². The quantitative estimate of drug-likeness (QED) is 0.841. The molecular formula is C18H23Cl2N3O3.